The molecule has 1 aliphatic heterocycles. The van der Waals surface area contributed by atoms with E-state index in [1.54, 1.807) is 16.4 Å². The molecule has 1 fully saturated rings. The first-order valence-electron chi connectivity index (χ1n) is 7.30. The average Bonchev–Trinajstić information content (AvgIpc) is 2.54. The van der Waals surface area contributed by atoms with Gasteiger partial charge in [0.1, 0.15) is 0 Å². The summed E-state index contributed by atoms with van der Waals surface area (Å²) < 4.78 is 27.0. The predicted molar refractivity (Wildman–Crippen MR) is 91.7 cm³/mol. The van der Waals surface area contributed by atoms with Crippen LogP contribution in [0.15, 0.2) is 47.4 Å². The lowest BCUT2D eigenvalue weighted by Gasteiger charge is -2.30. The highest BCUT2D eigenvalue weighted by molar-refractivity contribution is 7.89. The van der Waals surface area contributed by atoms with Gasteiger partial charge in [0.2, 0.25) is 10.0 Å². The number of rotatable bonds is 3. The molecule has 2 aromatic rings. The molecular weight excluding hydrogens is 320 g/mol. The summed E-state index contributed by atoms with van der Waals surface area (Å²) >= 11 is 0. The molecule has 0 saturated carbocycles. The molecule has 0 radical (unpaired) electrons. The van der Waals surface area contributed by atoms with E-state index in [4.69, 9.17) is 5.73 Å². The molecular formula is C16H21ClN2O2S. The molecule has 0 spiro atoms. The second kappa shape index (κ2) is 6.96. The molecule has 1 heterocycles. The fraction of sp³-hybridized carbons (Fsp3) is 0.375. The Morgan fingerprint density at radius 3 is 2.32 bits per heavy atom. The van der Waals surface area contributed by atoms with Gasteiger partial charge in [0.05, 0.1) is 4.90 Å². The number of fused-ring (bicyclic) bond motifs is 1. The van der Waals surface area contributed by atoms with Gasteiger partial charge in [0.15, 0.2) is 0 Å². The van der Waals surface area contributed by atoms with E-state index in [1.165, 1.54) is 0 Å². The Labute approximate surface area is 137 Å². The van der Waals surface area contributed by atoms with Crippen LogP contribution in [-0.4, -0.2) is 32.4 Å². The van der Waals surface area contributed by atoms with E-state index in [0.29, 0.717) is 30.4 Å². The molecule has 2 N–H and O–H groups in total. The topological polar surface area (TPSA) is 63.4 Å². The molecule has 4 nitrogen and oxygen atoms in total. The number of nitrogens with two attached hydrogens (primary N) is 1. The SMILES string of the molecule is Cl.NCC1CCN(S(=O)(=O)c2ccc3ccccc3c2)CC1. The van der Waals surface area contributed by atoms with E-state index in [1.807, 2.05) is 30.3 Å². The van der Waals surface area contributed by atoms with Crippen molar-refractivity contribution in [1.29, 1.82) is 0 Å². The minimum Gasteiger partial charge on any atom is -0.330 e. The van der Waals surface area contributed by atoms with Crippen LogP contribution in [0.3, 0.4) is 0 Å². The van der Waals surface area contributed by atoms with Gasteiger partial charge in [-0.2, -0.15) is 4.31 Å². The highest BCUT2D eigenvalue weighted by Crippen LogP contribution is 2.25. The van der Waals surface area contributed by atoms with Crippen LogP contribution in [0.1, 0.15) is 12.8 Å². The zero-order valence-electron chi connectivity index (χ0n) is 12.3. The number of benzene rings is 2. The first kappa shape index (κ1) is 17.2. The van der Waals surface area contributed by atoms with Crippen LogP contribution >= 0.6 is 12.4 Å². The summed E-state index contributed by atoms with van der Waals surface area (Å²) in [5.41, 5.74) is 5.66. The lowest BCUT2D eigenvalue weighted by molar-refractivity contribution is 0.278. The lowest BCUT2D eigenvalue weighted by atomic mass is 9.99. The molecule has 0 unspecified atom stereocenters. The Hall–Kier alpha value is -1.14. The molecule has 0 atom stereocenters. The number of sulfonamides is 1. The Morgan fingerprint density at radius 2 is 1.68 bits per heavy atom. The van der Waals surface area contributed by atoms with Gasteiger partial charge in [0, 0.05) is 13.1 Å². The van der Waals surface area contributed by atoms with Crippen LogP contribution in [0, 0.1) is 5.92 Å². The summed E-state index contributed by atoms with van der Waals surface area (Å²) in [6, 6.07) is 13.1. The maximum Gasteiger partial charge on any atom is 0.243 e. The van der Waals surface area contributed by atoms with Gasteiger partial charge in [-0.3, -0.25) is 0 Å². The minimum absolute atomic E-state index is 0. The van der Waals surface area contributed by atoms with Crippen molar-refractivity contribution in [1.82, 2.24) is 4.31 Å². The molecule has 0 aromatic heterocycles. The number of hydrogen-bond donors (Lipinski definition) is 1. The van der Waals surface area contributed by atoms with E-state index >= 15 is 0 Å². The summed E-state index contributed by atoms with van der Waals surface area (Å²) in [5, 5.41) is 2.01. The Morgan fingerprint density at radius 1 is 1.05 bits per heavy atom. The van der Waals surface area contributed by atoms with E-state index in [-0.39, 0.29) is 12.4 Å². The van der Waals surface area contributed by atoms with Crippen molar-refractivity contribution in [3.05, 3.63) is 42.5 Å². The van der Waals surface area contributed by atoms with Crippen LogP contribution in [0.2, 0.25) is 0 Å². The molecule has 1 aliphatic rings. The van der Waals surface area contributed by atoms with Gasteiger partial charge in [0.25, 0.3) is 0 Å². The van der Waals surface area contributed by atoms with Gasteiger partial charge in [-0.25, -0.2) is 8.42 Å². The van der Waals surface area contributed by atoms with Crippen LogP contribution in [0.5, 0.6) is 0 Å². The Kier molecular flexibility index (Phi) is 5.45. The zero-order valence-corrected chi connectivity index (χ0v) is 13.9. The van der Waals surface area contributed by atoms with Gasteiger partial charge < -0.3 is 5.73 Å². The van der Waals surface area contributed by atoms with Crippen molar-refractivity contribution in [2.45, 2.75) is 17.7 Å². The highest BCUT2D eigenvalue weighted by atomic mass is 35.5. The fourth-order valence-corrected chi connectivity index (χ4v) is 4.37. The minimum atomic E-state index is -3.39. The fourth-order valence-electron chi connectivity index (χ4n) is 2.86. The maximum absolute atomic E-state index is 12.7. The molecule has 0 amide bonds. The summed E-state index contributed by atoms with van der Waals surface area (Å²) in [4.78, 5) is 0.382. The van der Waals surface area contributed by atoms with Crippen molar-refractivity contribution in [2.24, 2.45) is 11.7 Å². The van der Waals surface area contributed by atoms with E-state index in [2.05, 4.69) is 0 Å². The van der Waals surface area contributed by atoms with Gasteiger partial charge in [-0.15, -0.1) is 12.4 Å². The molecule has 2 aromatic carbocycles. The van der Waals surface area contributed by atoms with Crippen molar-refractivity contribution in [3.8, 4) is 0 Å². The molecule has 6 heteroatoms. The van der Waals surface area contributed by atoms with E-state index < -0.39 is 10.0 Å². The normalized spacial score (nSPS) is 17.3. The van der Waals surface area contributed by atoms with Crippen LogP contribution in [0.4, 0.5) is 0 Å². The number of halogens is 1. The molecule has 1 saturated heterocycles. The van der Waals surface area contributed by atoms with E-state index in [9.17, 15) is 8.42 Å². The van der Waals surface area contributed by atoms with Crippen molar-refractivity contribution < 1.29 is 8.42 Å². The molecule has 3 rings (SSSR count). The largest absolute Gasteiger partial charge is 0.330 e. The number of hydrogen-bond acceptors (Lipinski definition) is 3. The van der Waals surface area contributed by atoms with Crippen LogP contribution < -0.4 is 5.73 Å². The molecule has 0 aliphatic carbocycles. The van der Waals surface area contributed by atoms with Crippen molar-refractivity contribution in [2.75, 3.05) is 19.6 Å². The maximum atomic E-state index is 12.7. The summed E-state index contributed by atoms with van der Waals surface area (Å²) in [5.74, 6) is 0.452. The Balaban J connectivity index is 0.00000176. The van der Waals surface area contributed by atoms with E-state index in [0.717, 1.165) is 23.6 Å². The number of piperidine rings is 1. The highest BCUT2D eigenvalue weighted by Gasteiger charge is 2.28. The summed E-state index contributed by atoms with van der Waals surface area (Å²) in [7, 11) is -3.39. The Bertz CT molecular complexity index is 741. The smallest absolute Gasteiger partial charge is 0.243 e. The second-order valence-electron chi connectivity index (χ2n) is 5.59. The van der Waals surface area contributed by atoms with Gasteiger partial charge >= 0.3 is 0 Å². The second-order valence-corrected chi connectivity index (χ2v) is 7.53. The molecule has 0 bridgehead atoms. The average molecular weight is 341 g/mol. The standard InChI is InChI=1S/C16H20N2O2S.ClH/c17-12-13-7-9-18(10-8-13)21(19,20)16-6-5-14-3-1-2-4-15(14)11-16;/h1-6,11,13H,7-10,12,17H2;1H. The third-order valence-electron chi connectivity index (χ3n) is 4.27. The monoisotopic (exact) mass is 340 g/mol. The molecule has 120 valence electrons. The first-order valence-corrected chi connectivity index (χ1v) is 8.74. The summed E-state index contributed by atoms with van der Waals surface area (Å²) in [6.45, 7) is 1.78. The van der Waals surface area contributed by atoms with Crippen LogP contribution in [-0.2, 0) is 10.0 Å². The third-order valence-corrected chi connectivity index (χ3v) is 6.16. The van der Waals surface area contributed by atoms with Gasteiger partial charge in [-0.1, -0.05) is 30.3 Å². The van der Waals surface area contributed by atoms with Crippen molar-refractivity contribution in [3.63, 3.8) is 0 Å². The zero-order chi connectivity index (χ0) is 14.9. The predicted octanol–water partition coefficient (Wildman–Crippen LogP) is 2.62. The van der Waals surface area contributed by atoms with Crippen molar-refractivity contribution >= 4 is 33.2 Å². The first-order chi connectivity index (χ1) is 10.1. The number of nitrogens with zero attached hydrogens (tertiary/aromatic N) is 1. The quantitative estimate of drug-likeness (QED) is 0.934. The summed E-state index contributed by atoms with van der Waals surface area (Å²) in [6.07, 6.45) is 1.70. The third kappa shape index (κ3) is 3.27. The van der Waals surface area contributed by atoms with Crippen LogP contribution in [0.25, 0.3) is 10.8 Å². The molecule has 22 heavy (non-hydrogen) atoms. The lowest BCUT2D eigenvalue weighted by Crippen LogP contribution is -2.39. The van der Waals surface area contributed by atoms with Gasteiger partial charge in [-0.05, 0) is 48.2 Å².